The van der Waals surface area contributed by atoms with E-state index in [0.29, 0.717) is 24.1 Å². The van der Waals surface area contributed by atoms with E-state index < -0.39 is 53.3 Å². The fourth-order valence-corrected chi connectivity index (χ4v) is 6.61. The molecule has 1 heterocycles. The zero-order valence-electron chi connectivity index (χ0n) is 24.2. The van der Waals surface area contributed by atoms with Gasteiger partial charge in [-0.2, -0.15) is 16.8 Å². The summed E-state index contributed by atoms with van der Waals surface area (Å²) in [4.78, 5) is 29.6. The number of nitrogens with zero attached hydrogens (tertiary/aromatic N) is 1. The minimum absolute atomic E-state index is 0.00362. The van der Waals surface area contributed by atoms with Crippen LogP contribution in [-0.4, -0.2) is 63.5 Å². The van der Waals surface area contributed by atoms with Crippen LogP contribution in [0, 0.1) is 0 Å². The van der Waals surface area contributed by atoms with Crippen molar-refractivity contribution in [3.8, 4) is 11.5 Å². The van der Waals surface area contributed by atoms with Gasteiger partial charge in [0.15, 0.2) is 0 Å². The predicted octanol–water partition coefficient (Wildman–Crippen LogP) is 4.65. The van der Waals surface area contributed by atoms with Crippen molar-refractivity contribution in [2.75, 3.05) is 10.6 Å². The molecule has 0 fully saturated rings. The number of hydrogen-bond acceptors (Lipinski definition) is 17. The third-order valence-electron chi connectivity index (χ3n) is 6.58. The number of hydrogen-bond donors (Lipinski definition) is 8. The van der Waals surface area contributed by atoms with Gasteiger partial charge in [0.25, 0.3) is 32.1 Å². The Balaban J connectivity index is 1.49. The van der Waals surface area contributed by atoms with Crippen molar-refractivity contribution in [3.05, 3.63) is 78.1 Å². The molecule has 0 aliphatic rings. The summed E-state index contributed by atoms with van der Waals surface area (Å²) in [5.41, 5.74) is -1.17. The number of nitrogens with one attached hydrogen (secondary N) is 2. The van der Waals surface area contributed by atoms with E-state index in [0.717, 1.165) is 30.3 Å². The van der Waals surface area contributed by atoms with Gasteiger partial charge in [-0.1, -0.05) is 16.1 Å². The molecule has 0 unspecified atom stereocenters. The van der Waals surface area contributed by atoms with E-state index in [-0.39, 0.29) is 54.1 Å². The molecule has 0 radical (unpaired) electrons. The molecular weight excluding hydrogens is 751 g/mol. The number of aromatic hydroxyl groups is 2. The highest BCUT2D eigenvalue weighted by Crippen LogP contribution is 2.40. The van der Waals surface area contributed by atoms with Crippen molar-refractivity contribution in [3.63, 3.8) is 0 Å². The summed E-state index contributed by atoms with van der Waals surface area (Å²) in [6.07, 6.45) is 0. The molecule has 0 atom stereocenters. The number of rotatable bonds is 12. The van der Waals surface area contributed by atoms with Crippen LogP contribution in [0.1, 0.15) is 21.0 Å². The second-order valence-electron chi connectivity index (χ2n) is 9.74. The number of phenolic OH excluding ortho intramolecular Hbond substituents is 2. The van der Waals surface area contributed by atoms with Gasteiger partial charge in [-0.25, -0.2) is 15.5 Å². The smallest absolute Gasteiger partial charge is 0.294 e. The molecule has 0 aliphatic heterocycles. The van der Waals surface area contributed by atoms with Crippen LogP contribution in [0.2, 0.25) is 0 Å². The second-order valence-corrected chi connectivity index (χ2v) is 14.1. The quantitative estimate of drug-likeness (QED) is 0.0370. The molecule has 5 aromatic rings. The number of fused-ring (bicyclic) bond motifs is 2. The van der Waals surface area contributed by atoms with Gasteiger partial charge in [-0.05, 0) is 65.4 Å². The lowest BCUT2D eigenvalue weighted by molar-refractivity contribution is -0.432. The summed E-state index contributed by atoms with van der Waals surface area (Å²) in [5.74, 6) is -3.09. The van der Waals surface area contributed by atoms with Crippen molar-refractivity contribution in [1.82, 2.24) is 4.98 Å². The summed E-state index contributed by atoms with van der Waals surface area (Å²) < 4.78 is 75.3. The van der Waals surface area contributed by atoms with E-state index in [1.807, 2.05) is 0 Å². The normalized spacial score (nSPS) is 11.9. The number of pyridine rings is 1. The average Bonchev–Trinajstić information content (AvgIpc) is 3.05. The lowest BCUT2D eigenvalue weighted by atomic mass is 10.1. The van der Waals surface area contributed by atoms with Crippen LogP contribution in [0.5, 0.6) is 11.5 Å². The highest BCUT2D eigenvalue weighted by atomic mass is 32.2. The first kappa shape index (κ1) is 36.6. The number of carbonyl (C=O) groups excluding carboxylic acids is 2. The molecule has 1 aromatic heterocycles. The van der Waals surface area contributed by atoms with Crippen LogP contribution in [0.15, 0.2) is 86.3 Å². The SMILES string of the molecule is O=C(Nc1cc(SOOO)cc2cc(S(=O)(=O)O)cc(O)c12)c1cccc(C(=O)Nc2cc(S(=O)(=O)O)cc3cc(SOOO)cc(O)c23)n1. The van der Waals surface area contributed by atoms with E-state index in [2.05, 4.69) is 34.4 Å². The van der Waals surface area contributed by atoms with Crippen molar-refractivity contribution in [1.29, 1.82) is 0 Å². The molecule has 0 saturated carbocycles. The first-order chi connectivity index (χ1) is 23.6. The van der Waals surface area contributed by atoms with Crippen LogP contribution in [0.4, 0.5) is 11.4 Å². The van der Waals surface area contributed by atoms with E-state index in [9.17, 15) is 45.7 Å². The van der Waals surface area contributed by atoms with Crippen LogP contribution in [-0.2, 0) is 39.0 Å². The lowest BCUT2D eigenvalue weighted by Gasteiger charge is -2.14. The van der Waals surface area contributed by atoms with Crippen molar-refractivity contribution in [2.24, 2.45) is 0 Å². The van der Waals surface area contributed by atoms with Crippen molar-refractivity contribution >= 4 is 89.1 Å². The van der Waals surface area contributed by atoms with E-state index in [1.54, 1.807) is 0 Å². The molecule has 0 bridgehead atoms. The molecule has 0 aliphatic carbocycles. The Hall–Kier alpha value is -4.63. The summed E-state index contributed by atoms with van der Waals surface area (Å²) in [5, 5.41) is 50.0. The van der Waals surface area contributed by atoms with Gasteiger partial charge >= 0.3 is 0 Å². The van der Waals surface area contributed by atoms with Gasteiger partial charge in [0.2, 0.25) is 0 Å². The number of carbonyl (C=O) groups is 2. The lowest BCUT2D eigenvalue weighted by Crippen LogP contribution is -2.19. The Bertz CT molecular complexity index is 2390. The first-order valence-corrected chi connectivity index (χ1v) is 17.4. The monoisotopic (exact) mass is 769 g/mol. The molecule has 262 valence electrons. The Kier molecular flexibility index (Phi) is 10.8. The van der Waals surface area contributed by atoms with Gasteiger partial charge in [-0.3, -0.25) is 18.7 Å². The van der Waals surface area contributed by atoms with Crippen LogP contribution >= 0.6 is 24.1 Å². The van der Waals surface area contributed by atoms with Gasteiger partial charge in [0.05, 0.1) is 45.3 Å². The molecule has 19 nitrogen and oxygen atoms in total. The first-order valence-electron chi connectivity index (χ1n) is 13.0. The maximum Gasteiger partial charge on any atom is 0.294 e. The Morgan fingerprint density at radius 1 is 0.640 bits per heavy atom. The van der Waals surface area contributed by atoms with E-state index in [4.69, 9.17) is 10.5 Å². The predicted molar refractivity (Wildman–Crippen MR) is 172 cm³/mol. The third-order valence-corrected chi connectivity index (χ3v) is 9.36. The zero-order valence-corrected chi connectivity index (χ0v) is 27.5. The van der Waals surface area contributed by atoms with Gasteiger partial charge < -0.3 is 20.8 Å². The average molecular weight is 770 g/mol. The number of phenols is 2. The molecule has 4 aromatic carbocycles. The number of benzene rings is 4. The number of anilines is 2. The van der Waals surface area contributed by atoms with Crippen molar-refractivity contribution in [2.45, 2.75) is 19.6 Å². The zero-order chi connectivity index (χ0) is 36.4. The molecule has 5 rings (SSSR count). The topological polar surface area (TPSA) is 298 Å². The second kappa shape index (κ2) is 14.7. The van der Waals surface area contributed by atoms with Crippen LogP contribution < -0.4 is 10.6 Å². The highest BCUT2D eigenvalue weighted by molar-refractivity contribution is 7.94. The largest absolute Gasteiger partial charge is 0.507 e. The Morgan fingerprint density at radius 3 is 1.56 bits per heavy atom. The molecule has 2 amide bonds. The van der Waals surface area contributed by atoms with Gasteiger partial charge in [0.1, 0.15) is 22.9 Å². The summed E-state index contributed by atoms with van der Waals surface area (Å²) in [6, 6.07) is 12.2. The van der Waals surface area contributed by atoms with Crippen LogP contribution in [0.3, 0.4) is 0 Å². The summed E-state index contributed by atoms with van der Waals surface area (Å²) in [6.45, 7) is 0. The van der Waals surface area contributed by atoms with E-state index >= 15 is 0 Å². The Morgan fingerprint density at radius 2 is 1.08 bits per heavy atom. The molecule has 50 heavy (non-hydrogen) atoms. The molecule has 0 saturated heterocycles. The van der Waals surface area contributed by atoms with Crippen LogP contribution in [0.25, 0.3) is 21.5 Å². The minimum atomic E-state index is -4.84. The maximum absolute atomic E-state index is 13.3. The molecule has 0 spiro atoms. The van der Waals surface area contributed by atoms with E-state index in [1.165, 1.54) is 36.4 Å². The van der Waals surface area contributed by atoms with Gasteiger partial charge in [-0.15, -0.1) is 8.67 Å². The highest BCUT2D eigenvalue weighted by Gasteiger charge is 2.22. The number of aromatic nitrogens is 1. The fraction of sp³-hybridized carbons (Fsp3) is 0. The Labute approximate surface area is 288 Å². The molecule has 8 N–H and O–H groups in total. The van der Waals surface area contributed by atoms with Gasteiger partial charge in [0, 0.05) is 26.6 Å². The third kappa shape index (κ3) is 8.21. The molecule has 23 heteroatoms. The minimum Gasteiger partial charge on any atom is -0.507 e. The van der Waals surface area contributed by atoms with Crippen molar-refractivity contribution < 1.29 is 75.0 Å². The number of amides is 2. The maximum atomic E-state index is 13.3. The fourth-order valence-electron chi connectivity index (χ4n) is 4.64. The summed E-state index contributed by atoms with van der Waals surface area (Å²) in [7, 11) is -9.60. The summed E-state index contributed by atoms with van der Waals surface area (Å²) >= 11 is 0.868. The molecular formula is C27H19N3O16S4. The standard InChI is InChI=1S/C27H19N3O16S4/c31-22-9-15(48-46-44-36)5-13-6-16(49(37,38)39)10-21(25(13)22)30-27(34)19-3-1-2-18(28-19)26(33)29-20-8-14(47-45-43-35)4-12-7-17(50(40,41)42)11-23(32)24(12)20/h1-11,31-32,35-36H,(H,29,33)(H,30,34)(H,37,38,39)(H,40,41,42).